The van der Waals surface area contributed by atoms with Crippen molar-refractivity contribution >= 4 is 81.7 Å². The summed E-state index contributed by atoms with van der Waals surface area (Å²) < 4.78 is 5.26. The summed E-state index contributed by atoms with van der Waals surface area (Å²) in [5.74, 6) is 1.11. The normalized spacial score (nSPS) is 14.0. The first-order valence-corrected chi connectivity index (χ1v) is 21.5. The predicted molar refractivity (Wildman–Crippen MR) is 238 cm³/mol. The third kappa shape index (κ3) is 13.4. The Morgan fingerprint density at radius 2 is 1.12 bits per heavy atom. The summed E-state index contributed by atoms with van der Waals surface area (Å²) in [7, 11) is 0. The number of carbonyl (C=O) groups is 4. The second-order valence-corrected chi connectivity index (χ2v) is 15.8. The lowest BCUT2D eigenvalue weighted by molar-refractivity contribution is 0.0739. The Hall–Kier alpha value is -4.66. The van der Waals surface area contributed by atoms with Crippen LogP contribution in [-0.2, 0) is 4.74 Å². The maximum atomic E-state index is 12.8. The average Bonchev–Trinajstić information content (AvgIpc) is 3.26. The number of aromatic nitrogens is 2. The molecule has 6 rings (SSSR count). The van der Waals surface area contributed by atoms with Crippen LogP contribution in [0.15, 0.2) is 73.1 Å². The third-order valence-corrected chi connectivity index (χ3v) is 10.8. The zero-order valence-electron chi connectivity index (χ0n) is 33.8. The molecule has 2 aliphatic rings. The monoisotopic (exact) mass is 898 g/mol. The summed E-state index contributed by atoms with van der Waals surface area (Å²) in [5.41, 5.74) is 1.98. The second kappa shape index (κ2) is 23.4. The molecule has 0 bridgehead atoms. The van der Waals surface area contributed by atoms with Crippen LogP contribution in [0.25, 0.3) is 0 Å². The molecule has 0 atom stereocenters. The van der Waals surface area contributed by atoms with Crippen molar-refractivity contribution < 1.29 is 23.9 Å². The van der Waals surface area contributed by atoms with Gasteiger partial charge in [-0.15, -0.1) is 0 Å². The van der Waals surface area contributed by atoms with Gasteiger partial charge in [-0.05, 0) is 80.4 Å². The molecule has 2 aromatic heterocycles. The predicted octanol–water partition coefficient (Wildman–Crippen LogP) is 7.39. The number of pyridine rings is 2. The van der Waals surface area contributed by atoms with E-state index in [1.165, 1.54) is 0 Å². The molecule has 2 fully saturated rings. The molecule has 0 unspecified atom stereocenters. The van der Waals surface area contributed by atoms with Crippen LogP contribution in [0, 0.1) is 0 Å². The molecule has 17 heteroatoms. The minimum atomic E-state index is -0.149. The second-order valence-electron chi connectivity index (χ2n) is 14.1. The van der Waals surface area contributed by atoms with Gasteiger partial charge in [0.25, 0.3) is 23.6 Å². The summed E-state index contributed by atoms with van der Waals surface area (Å²) in [5, 5.41) is 7.52. The third-order valence-electron chi connectivity index (χ3n) is 9.84. The summed E-state index contributed by atoms with van der Waals surface area (Å²) >= 11 is 24.2. The average molecular weight is 901 g/mol. The summed E-state index contributed by atoms with van der Waals surface area (Å²) in [6.45, 7) is 11.4. The van der Waals surface area contributed by atoms with E-state index in [4.69, 9.17) is 51.1 Å². The van der Waals surface area contributed by atoms with E-state index < -0.39 is 0 Å². The fourth-order valence-electron chi connectivity index (χ4n) is 6.49. The van der Waals surface area contributed by atoms with Gasteiger partial charge >= 0.3 is 0 Å². The van der Waals surface area contributed by atoms with Crippen LogP contribution >= 0.6 is 46.4 Å². The Morgan fingerprint density at radius 3 is 1.60 bits per heavy atom. The number of piperazine rings is 2. The number of halogens is 4. The van der Waals surface area contributed by atoms with Gasteiger partial charge in [0.05, 0.1) is 21.7 Å². The number of ether oxygens (including phenoxy) is 1. The van der Waals surface area contributed by atoms with Crippen LogP contribution in [0.1, 0.15) is 74.5 Å². The van der Waals surface area contributed by atoms with Gasteiger partial charge in [-0.1, -0.05) is 59.7 Å². The van der Waals surface area contributed by atoms with Crippen LogP contribution in [0.2, 0.25) is 20.1 Å². The van der Waals surface area contributed by atoms with Crippen molar-refractivity contribution in [3.8, 4) is 0 Å². The Morgan fingerprint density at radius 1 is 0.600 bits per heavy atom. The number of nitrogens with one attached hydrogen (secondary N) is 2. The molecule has 2 N–H and O–H groups in total. The van der Waals surface area contributed by atoms with E-state index in [2.05, 4.69) is 37.3 Å². The van der Waals surface area contributed by atoms with E-state index in [-0.39, 0.29) is 23.6 Å². The molecule has 13 nitrogen and oxygen atoms in total. The Labute approximate surface area is 371 Å². The lowest BCUT2D eigenvalue weighted by Crippen LogP contribution is -2.49. The van der Waals surface area contributed by atoms with Crippen molar-refractivity contribution in [1.82, 2.24) is 30.4 Å². The van der Waals surface area contributed by atoms with Crippen LogP contribution < -0.4 is 20.4 Å². The number of hydrogen-bond donors (Lipinski definition) is 2. The van der Waals surface area contributed by atoms with Crippen molar-refractivity contribution in [2.45, 2.75) is 33.1 Å². The number of nitrogens with zero attached hydrogens (tertiary/aromatic N) is 6. The molecular formula is C43H50Cl4N8O5. The van der Waals surface area contributed by atoms with Crippen LogP contribution in [0.3, 0.4) is 0 Å². The Kier molecular flexibility index (Phi) is 18.1. The first-order chi connectivity index (χ1) is 29.0. The van der Waals surface area contributed by atoms with E-state index in [0.29, 0.717) is 121 Å². The van der Waals surface area contributed by atoms with Crippen molar-refractivity contribution in [1.29, 1.82) is 0 Å². The molecule has 4 amide bonds. The maximum Gasteiger partial charge on any atom is 0.255 e. The zero-order valence-corrected chi connectivity index (χ0v) is 36.8. The molecule has 0 saturated carbocycles. The topological polar surface area (TPSA) is 140 Å². The van der Waals surface area contributed by atoms with Gasteiger partial charge in [-0.2, -0.15) is 0 Å². The largest absolute Gasteiger partial charge is 0.382 e. The quantitative estimate of drug-likeness (QED) is 0.124. The molecule has 2 saturated heterocycles. The van der Waals surface area contributed by atoms with Gasteiger partial charge in [-0.25, -0.2) is 9.97 Å². The lowest BCUT2D eigenvalue weighted by atomic mass is 10.1. The number of unbranched alkanes of at least 4 members (excludes halogenated alkanes) is 1. The van der Waals surface area contributed by atoms with E-state index in [0.717, 1.165) is 30.9 Å². The first kappa shape index (κ1) is 46.4. The van der Waals surface area contributed by atoms with Gasteiger partial charge < -0.3 is 35.0 Å². The SMILES string of the molecule is CCCCNC(=O)c1ccc(N2CCN(C(=O)c3cc(Cl)cc(Cl)c3)CC2)nc1.CCOCCCNC(=O)c1ccc(N2CCN(C(=O)c3cc(Cl)ccc3Cl)CC2)nc1. The van der Waals surface area contributed by atoms with E-state index in [1.54, 1.807) is 70.7 Å². The molecule has 60 heavy (non-hydrogen) atoms. The zero-order chi connectivity index (χ0) is 43.0. The number of carbonyl (C=O) groups excluding carboxylic acids is 4. The van der Waals surface area contributed by atoms with E-state index in [9.17, 15) is 19.2 Å². The van der Waals surface area contributed by atoms with Gasteiger partial charge in [-0.3, -0.25) is 19.2 Å². The highest BCUT2D eigenvalue weighted by Crippen LogP contribution is 2.24. The number of amides is 4. The van der Waals surface area contributed by atoms with Crippen molar-refractivity contribution in [3.05, 3.63) is 115 Å². The van der Waals surface area contributed by atoms with Gasteiger partial charge in [0, 0.05) is 112 Å². The summed E-state index contributed by atoms with van der Waals surface area (Å²) in [6.07, 6.45) is 5.95. The first-order valence-electron chi connectivity index (χ1n) is 20.0. The number of benzene rings is 2. The number of rotatable bonds is 14. The molecule has 2 aromatic carbocycles. The Balaban J connectivity index is 0.000000228. The molecule has 4 aromatic rings. The van der Waals surface area contributed by atoms with Crippen molar-refractivity contribution in [2.75, 3.05) is 88.5 Å². The van der Waals surface area contributed by atoms with E-state index >= 15 is 0 Å². The minimum Gasteiger partial charge on any atom is -0.382 e. The summed E-state index contributed by atoms with van der Waals surface area (Å²) in [4.78, 5) is 66.4. The number of anilines is 2. The molecule has 2 aliphatic heterocycles. The lowest BCUT2D eigenvalue weighted by Gasteiger charge is -2.35. The fraction of sp³-hybridized carbons (Fsp3) is 0.395. The molecular weight excluding hydrogens is 850 g/mol. The van der Waals surface area contributed by atoms with Crippen molar-refractivity contribution in [3.63, 3.8) is 0 Å². The number of hydrogen-bond acceptors (Lipinski definition) is 9. The van der Waals surface area contributed by atoms with Crippen molar-refractivity contribution in [2.24, 2.45) is 0 Å². The van der Waals surface area contributed by atoms with Gasteiger partial charge in [0.1, 0.15) is 11.6 Å². The fourth-order valence-corrected chi connectivity index (χ4v) is 7.38. The highest BCUT2D eigenvalue weighted by molar-refractivity contribution is 6.36. The Bertz CT molecular complexity index is 2040. The summed E-state index contributed by atoms with van der Waals surface area (Å²) in [6, 6.07) is 17.0. The molecule has 4 heterocycles. The van der Waals surface area contributed by atoms with Gasteiger partial charge in [0.15, 0.2) is 0 Å². The highest BCUT2D eigenvalue weighted by Gasteiger charge is 2.26. The molecule has 0 radical (unpaired) electrons. The van der Waals surface area contributed by atoms with Gasteiger partial charge in [0.2, 0.25) is 0 Å². The van der Waals surface area contributed by atoms with Crippen LogP contribution in [0.5, 0.6) is 0 Å². The molecule has 0 spiro atoms. The maximum absolute atomic E-state index is 12.8. The highest BCUT2D eigenvalue weighted by atomic mass is 35.5. The minimum absolute atomic E-state index is 0.0823. The standard InChI is InChI=1S/C22H26Cl2N4O3.C21H24Cl2N4O2/c1-2-31-13-3-8-25-21(29)16-4-7-20(26-15-16)27-9-11-28(12-10-27)22(30)18-14-17(23)5-6-19(18)24;1-2-3-6-24-20(28)15-4-5-19(25-14-15)26-7-9-27(10-8-26)21(29)16-11-17(22)13-18(23)12-16/h4-7,14-15H,2-3,8-13H2,1H3,(H,25,29);4-5,11-14H,2-3,6-10H2,1H3,(H,24,28). The van der Waals surface area contributed by atoms with Crippen LogP contribution in [-0.4, -0.2) is 122 Å². The smallest absolute Gasteiger partial charge is 0.255 e. The van der Waals surface area contributed by atoms with E-state index in [1.807, 2.05) is 19.1 Å². The molecule has 0 aliphatic carbocycles. The molecule has 320 valence electrons. The van der Waals surface area contributed by atoms with Crippen LogP contribution in [0.4, 0.5) is 11.6 Å².